The maximum Gasteiger partial charge on any atom is 0.260 e. The van der Waals surface area contributed by atoms with Crippen LogP contribution in [0, 0.1) is 11.8 Å². The van der Waals surface area contributed by atoms with Crippen LogP contribution in [0.3, 0.4) is 0 Å². The molecule has 3 aliphatic carbocycles. The monoisotopic (exact) mass is 419 g/mol. The van der Waals surface area contributed by atoms with Gasteiger partial charge in [-0.05, 0) is 80.4 Å². The highest BCUT2D eigenvalue weighted by atomic mass is 32.2. The molecule has 1 aromatic rings. The number of carbonyl (C=O) groups excluding carboxylic acids is 1. The van der Waals surface area contributed by atoms with Gasteiger partial charge < -0.3 is 9.47 Å². The molecule has 1 N–H and O–H groups in total. The molecular weight excluding hydrogens is 390 g/mol. The predicted octanol–water partition coefficient (Wildman–Crippen LogP) is 3.53. The van der Waals surface area contributed by atoms with Gasteiger partial charge in [0.1, 0.15) is 0 Å². The van der Waals surface area contributed by atoms with E-state index in [4.69, 9.17) is 9.47 Å². The largest absolute Gasteiger partial charge is 0.493 e. The third-order valence-corrected chi connectivity index (χ3v) is 7.03. The van der Waals surface area contributed by atoms with Crippen LogP contribution in [0.1, 0.15) is 56.4 Å². The topological polar surface area (TPSA) is 81.7 Å². The molecule has 7 heteroatoms. The fourth-order valence-corrected chi connectivity index (χ4v) is 5.57. The highest BCUT2D eigenvalue weighted by molar-refractivity contribution is 7.89. The number of carbonyl (C=O) groups is 1. The molecule has 29 heavy (non-hydrogen) atoms. The summed E-state index contributed by atoms with van der Waals surface area (Å²) in [6.07, 6.45) is 10.5. The maximum absolute atomic E-state index is 12.1. The lowest BCUT2D eigenvalue weighted by molar-refractivity contribution is -0.115. The number of hydrogen-bond acceptors (Lipinski definition) is 5. The number of nitrogens with one attached hydrogen (secondary N) is 1. The lowest BCUT2D eigenvalue weighted by atomic mass is 9.94. The van der Waals surface area contributed by atoms with Crippen LogP contribution >= 0.6 is 0 Å². The first-order valence-electron chi connectivity index (χ1n) is 10.4. The van der Waals surface area contributed by atoms with Crippen molar-refractivity contribution in [2.75, 3.05) is 13.4 Å². The molecule has 2 fully saturated rings. The molecule has 6 nitrogen and oxygen atoms in total. The maximum atomic E-state index is 12.1. The fraction of sp³-hybridized carbons (Fsp3) is 0.591. The van der Waals surface area contributed by atoms with Crippen LogP contribution in [0.5, 0.6) is 11.5 Å². The Hall–Kier alpha value is -2.02. The van der Waals surface area contributed by atoms with E-state index in [1.54, 1.807) is 7.11 Å². The summed E-state index contributed by atoms with van der Waals surface area (Å²) in [5.41, 5.74) is 1.85. The number of allylic oxidation sites excluding steroid dienone is 1. The van der Waals surface area contributed by atoms with Crippen LogP contribution < -0.4 is 14.2 Å². The van der Waals surface area contributed by atoms with E-state index < -0.39 is 15.9 Å². The van der Waals surface area contributed by atoms with Crippen molar-refractivity contribution >= 4 is 15.9 Å². The first-order chi connectivity index (χ1) is 13.8. The molecule has 0 aliphatic heterocycles. The van der Waals surface area contributed by atoms with E-state index in [2.05, 4.69) is 16.9 Å². The van der Waals surface area contributed by atoms with Crippen molar-refractivity contribution in [3.05, 3.63) is 35.4 Å². The van der Waals surface area contributed by atoms with Crippen molar-refractivity contribution in [1.82, 2.24) is 4.72 Å². The zero-order valence-corrected chi connectivity index (χ0v) is 17.8. The number of fused-ring (bicyclic) bond motifs is 1. The number of sulfonamides is 1. The van der Waals surface area contributed by atoms with Gasteiger partial charge in [-0.1, -0.05) is 12.1 Å². The van der Waals surface area contributed by atoms with Gasteiger partial charge in [-0.15, -0.1) is 0 Å². The summed E-state index contributed by atoms with van der Waals surface area (Å²) in [6, 6.07) is 6.24. The van der Waals surface area contributed by atoms with Crippen molar-refractivity contribution in [3.8, 4) is 11.5 Å². The van der Waals surface area contributed by atoms with E-state index in [1.165, 1.54) is 18.4 Å². The molecule has 0 unspecified atom stereocenters. The zero-order valence-electron chi connectivity index (χ0n) is 17.0. The zero-order chi connectivity index (χ0) is 20.6. The fourth-order valence-electron chi connectivity index (χ4n) is 5.10. The molecular formula is C22H29NO5S. The van der Waals surface area contributed by atoms with Gasteiger partial charge >= 0.3 is 0 Å². The smallest absolute Gasteiger partial charge is 0.260 e. The standard InChI is InChI=1S/C22H29NO5S/c1-27-20-8-7-14(13-21(20)28-19-5-3-4-6-19)15-9-16-11-18(12-17(16)10-15)22(24)23-29(2,25)26/h7-8,11,13,15-17,19H,3-6,9-10,12H2,1-2H3,(H,23,24)/t15-,16+,17-/m0/s1. The first-order valence-corrected chi connectivity index (χ1v) is 12.3. The quantitative estimate of drug-likeness (QED) is 0.763. The predicted molar refractivity (Wildman–Crippen MR) is 111 cm³/mol. The minimum Gasteiger partial charge on any atom is -0.493 e. The number of amides is 1. The second-order valence-electron chi connectivity index (χ2n) is 8.63. The molecule has 0 radical (unpaired) electrons. The summed E-state index contributed by atoms with van der Waals surface area (Å²) in [5, 5.41) is 0. The van der Waals surface area contributed by atoms with Gasteiger partial charge in [-0.3, -0.25) is 4.79 Å². The Balaban J connectivity index is 1.45. The van der Waals surface area contributed by atoms with E-state index >= 15 is 0 Å². The molecule has 0 bridgehead atoms. The number of methoxy groups -OCH3 is 1. The molecule has 0 heterocycles. The van der Waals surface area contributed by atoms with Gasteiger partial charge in [0, 0.05) is 5.57 Å². The molecule has 2 saturated carbocycles. The summed E-state index contributed by atoms with van der Waals surface area (Å²) < 4.78 is 36.4. The molecule has 4 rings (SSSR count). The van der Waals surface area contributed by atoms with E-state index in [9.17, 15) is 13.2 Å². The first kappa shape index (κ1) is 20.3. The molecule has 3 aliphatic rings. The Morgan fingerprint density at radius 1 is 1.14 bits per heavy atom. The van der Waals surface area contributed by atoms with Crippen LogP contribution in [0.15, 0.2) is 29.8 Å². The van der Waals surface area contributed by atoms with Crippen molar-refractivity contribution in [1.29, 1.82) is 0 Å². The van der Waals surface area contributed by atoms with Gasteiger partial charge in [0.2, 0.25) is 10.0 Å². The van der Waals surface area contributed by atoms with Crippen molar-refractivity contribution in [2.24, 2.45) is 11.8 Å². The summed E-state index contributed by atoms with van der Waals surface area (Å²) >= 11 is 0. The average molecular weight is 420 g/mol. The van der Waals surface area contributed by atoms with Crippen molar-refractivity contribution in [2.45, 2.75) is 57.0 Å². The Morgan fingerprint density at radius 3 is 2.55 bits per heavy atom. The van der Waals surface area contributed by atoms with Gasteiger partial charge in [0.05, 0.1) is 19.5 Å². The molecule has 1 aromatic carbocycles. The van der Waals surface area contributed by atoms with Crippen LogP contribution in [-0.4, -0.2) is 33.8 Å². The third kappa shape index (κ3) is 4.60. The third-order valence-electron chi connectivity index (χ3n) is 6.47. The van der Waals surface area contributed by atoms with E-state index in [0.29, 0.717) is 29.7 Å². The van der Waals surface area contributed by atoms with Gasteiger partial charge in [-0.2, -0.15) is 0 Å². The Kier molecular flexibility index (Phi) is 5.60. The van der Waals surface area contributed by atoms with Crippen LogP contribution in [0.25, 0.3) is 0 Å². The number of hydrogen-bond donors (Lipinski definition) is 1. The Labute approximate surface area is 172 Å². The molecule has 3 atom stereocenters. The van der Waals surface area contributed by atoms with Crippen LogP contribution in [-0.2, 0) is 14.8 Å². The molecule has 0 saturated heterocycles. The Morgan fingerprint density at radius 2 is 1.90 bits per heavy atom. The van der Waals surface area contributed by atoms with Gasteiger partial charge in [-0.25, -0.2) is 13.1 Å². The minimum atomic E-state index is -3.53. The van der Waals surface area contributed by atoms with Crippen molar-refractivity contribution in [3.63, 3.8) is 0 Å². The second kappa shape index (κ2) is 8.01. The molecule has 158 valence electrons. The Bertz CT molecular complexity index is 917. The average Bonchev–Trinajstić information content (AvgIpc) is 3.36. The number of benzene rings is 1. The highest BCUT2D eigenvalue weighted by Gasteiger charge is 2.39. The molecule has 0 spiro atoms. The van der Waals surface area contributed by atoms with Gasteiger partial charge in [0.25, 0.3) is 5.91 Å². The normalized spacial score (nSPS) is 26.8. The molecule has 0 aromatic heterocycles. The van der Waals surface area contributed by atoms with Crippen molar-refractivity contribution < 1.29 is 22.7 Å². The van der Waals surface area contributed by atoms with E-state index in [1.807, 2.05) is 12.1 Å². The minimum absolute atomic E-state index is 0.279. The van der Waals surface area contributed by atoms with Crippen LogP contribution in [0.4, 0.5) is 0 Å². The lowest BCUT2D eigenvalue weighted by Gasteiger charge is -2.19. The number of ether oxygens (including phenoxy) is 2. The summed E-state index contributed by atoms with van der Waals surface area (Å²) in [7, 11) is -1.85. The van der Waals surface area contributed by atoms with Gasteiger partial charge in [0.15, 0.2) is 11.5 Å². The summed E-state index contributed by atoms with van der Waals surface area (Å²) in [4.78, 5) is 12.1. The van der Waals surface area contributed by atoms with Crippen LogP contribution in [0.2, 0.25) is 0 Å². The number of rotatable bonds is 6. The van der Waals surface area contributed by atoms with E-state index in [0.717, 1.165) is 43.4 Å². The lowest BCUT2D eigenvalue weighted by Crippen LogP contribution is -2.30. The highest BCUT2D eigenvalue weighted by Crippen LogP contribution is 2.50. The summed E-state index contributed by atoms with van der Waals surface area (Å²) in [5.74, 6) is 2.26. The second-order valence-corrected chi connectivity index (χ2v) is 10.4. The SMILES string of the molecule is COc1ccc([C@@H]2C[C@H]3CC(C(=O)NS(C)(=O)=O)=C[C@H]3C2)cc1OC1CCCC1. The molecule has 1 amide bonds. The summed E-state index contributed by atoms with van der Waals surface area (Å²) in [6.45, 7) is 0. The van der Waals surface area contributed by atoms with E-state index in [-0.39, 0.29) is 6.10 Å².